The Morgan fingerprint density at radius 2 is 1.90 bits per heavy atom. The molecule has 1 aromatic heterocycles. The number of aromatic nitrogens is 2. The first-order valence-corrected chi connectivity index (χ1v) is 8.70. The summed E-state index contributed by atoms with van der Waals surface area (Å²) in [6.45, 7) is -0.0404. The largest absolute Gasteiger partial charge is 0.387 e. The molecule has 0 saturated heterocycles. The molecule has 10 heteroatoms. The minimum absolute atomic E-state index is 0.0404. The van der Waals surface area contributed by atoms with Crippen molar-refractivity contribution in [3.05, 3.63) is 75.9 Å². The Kier molecular flexibility index (Phi) is 6.25. The predicted molar refractivity (Wildman–Crippen MR) is 99.1 cm³/mol. The molecule has 1 heterocycles. The molecule has 0 saturated carbocycles. The van der Waals surface area contributed by atoms with Crippen LogP contribution in [-0.2, 0) is 11.2 Å². The summed E-state index contributed by atoms with van der Waals surface area (Å²) in [5, 5.41) is 27.1. The van der Waals surface area contributed by atoms with Crippen LogP contribution in [0.4, 0.5) is 10.1 Å². The molecule has 0 aliphatic rings. The normalized spacial score (nSPS) is 11.8. The van der Waals surface area contributed by atoms with Crippen LogP contribution < -0.4 is 5.32 Å². The zero-order chi connectivity index (χ0) is 20.8. The predicted octanol–water partition coefficient (Wildman–Crippen LogP) is 2.57. The summed E-state index contributed by atoms with van der Waals surface area (Å²) in [6, 6.07) is 11.1. The number of nitro groups is 1. The molecule has 3 rings (SSSR count). The van der Waals surface area contributed by atoms with Crippen LogP contribution in [0.15, 0.2) is 53.1 Å². The third kappa shape index (κ3) is 5.42. The summed E-state index contributed by atoms with van der Waals surface area (Å²) >= 11 is 0. The fourth-order valence-electron chi connectivity index (χ4n) is 2.53. The molecule has 3 aromatic rings. The van der Waals surface area contributed by atoms with Gasteiger partial charge in [0.05, 0.1) is 11.0 Å². The fraction of sp³-hybridized carbons (Fsp3) is 0.211. The van der Waals surface area contributed by atoms with Crippen LogP contribution in [-0.4, -0.2) is 32.6 Å². The maximum atomic E-state index is 13.0. The highest BCUT2D eigenvalue weighted by Crippen LogP contribution is 2.18. The van der Waals surface area contributed by atoms with Crippen molar-refractivity contribution in [1.82, 2.24) is 15.5 Å². The Morgan fingerprint density at radius 3 is 2.55 bits per heavy atom. The van der Waals surface area contributed by atoms with Crippen LogP contribution in [0.5, 0.6) is 0 Å². The summed E-state index contributed by atoms with van der Waals surface area (Å²) < 4.78 is 18.0. The van der Waals surface area contributed by atoms with Gasteiger partial charge in [0.15, 0.2) is 0 Å². The van der Waals surface area contributed by atoms with Crippen molar-refractivity contribution in [1.29, 1.82) is 0 Å². The molecular weight excluding hydrogens is 383 g/mol. The minimum atomic E-state index is -0.992. The minimum Gasteiger partial charge on any atom is -0.387 e. The van der Waals surface area contributed by atoms with E-state index in [1.807, 2.05) is 0 Å². The second-order valence-electron chi connectivity index (χ2n) is 6.19. The smallest absolute Gasteiger partial charge is 0.269 e. The van der Waals surface area contributed by atoms with Gasteiger partial charge in [-0.2, -0.15) is 4.98 Å². The first-order valence-electron chi connectivity index (χ1n) is 8.70. The molecule has 1 atom stereocenters. The van der Waals surface area contributed by atoms with Crippen molar-refractivity contribution in [2.75, 3.05) is 6.54 Å². The van der Waals surface area contributed by atoms with Gasteiger partial charge in [0, 0.05) is 37.1 Å². The number of carbonyl (C=O) groups excluding carboxylic acids is 1. The van der Waals surface area contributed by atoms with Gasteiger partial charge in [0.25, 0.3) is 5.69 Å². The SMILES string of the molecule is O=C(CCc1nc(-c2ccc(F)cc2)no1)NC[C@H](O)c1ccc([N+](=O)[O-])cc1. The van der Waals surface area contributed by atoms with Gasteiger partial charge in [-0.05, 0) is 42.0 Å². The summed E-state index contributed by atoms with van der Waals surface area (Å²) in [5.74, 6) is -0.137. The first kappa shape index (κ1) is 20.1. The summed E-state index contributed by atoms with van der Waals surface area (Å²) in [5.41, 5.74) is 0.971. The van der Waals surface area contributed by atoms with E-state index in [9.17, 15) is 24.4 Å². The number of nitro benzene ring substituents is 1. The van der Waals surface area contributed by atoms with Crippen LogP contribution in [0.25, 0.3) is 11.4 Å². The highest BCUT2D eigenvalue weighted by molar-refractivity contribution is 5.76. The highest BCUT2D eigenvalue weighted by Gasteiger charge is 2.14. The third-order valence-electron chi connectivity index (χ3n) is 4.12. The number of hydrogen-bond donors (Lipinski definition) is 2. The molecule has 0 aliphatic heterocycles. The summed E-state index contributed by atoms with van der Waals surface area (Å²) in [4.78, 5) is 26.2. The number of amides is 1. The standard InChI is InChI=1S/C19H17FN4O5/c20-14-5-1-13(2-6-14)19-22-18(29-23-19)10-9-17(26)21-11-16(25)12-3-7-15(8-4-12)24(27)28/h1-8,16,25H,9-11H2,(H,21,26)/t16-/m0/s1. The zero-order valence-electron chi connectivity index (χ0n) is 15.1. The molecule has 1 amide bonds. The van der Waals surface area contributed by atoms with E-state index in [-0.39, 0.29) is 42.7 Å². The number of carbonyl (C=O) groups is 1. The molecule has 0 radical (unpaired) electrons. The average molecular weight is 400 g/mol. The van der Waals surface area contributed by atoms with Gasteiger partial charge in [-0.15, -0.1) is 0 Å². The van der Waals surface area contributed by atoms with Crippen LogP contribution in [0.3, 0.4) is 0 Å². The van der Waals surface area contributed by atoms with Gasteiger partial charge in [0.1, 0.15) is 5.82 Å². The van der Waals surface area contributed by atoms with E-state index in [2.05, 4.69) is 15.5 Å². The topological polar surface area (TPSA) is 131 Å². The molecule has 9 nitrogen and oxygen atoms in total. The molecular formula is C19H17FN4O5. The third-order valence-corrected chi connectivity index (χ3v) is 4.12. The Hall–Kier alpha value is -3.66. The maximum absolute atomic E-state index is 13.0. The Labute approximate surface area is 164 Å². The number of nitrogens with one attached hydrogen (secondary N) is 1. The molecule has 0 aliphatic carbocycles. The van der Waals surface area contributed by atoms with E-state index in [0.717, 1.165) is 0 Å². The van der Waals surface area contributed by atoms with Gasteiger partial charge in [-0.3, -0.25) is 14.9 Å². The van der Waals surface area contributed by atoms with Crippen LogP contribution in [0, 0.1) is 15.9 Å². The molecule has 0 unspecified atom stereocenters. The maximum Gasteiger partial charge on any atom is 0.269 e. The summed E-state index contributed by atoms with van der Waals surface area (Å²) in [6.07, 6.45) is -0.723. The lowest BCUT2D eigenvalue weighted by Gasteiger charge is -2.11. The van der Waals surface area contributed by atoms with Crippen LogP contribution in [0.1, 0.15) is 24.0 Å². The van der Waals surface area contributed by atoms with Crippen molar-refractivity contribution >= 4 is 11.6 Å². The molecule has 2 aromatic carbocycles. The number of nitrogens with zero attached hydrogens (tertiary/aromatic N) is 3. The lowest BCUT2D eigenvalue weighted by atomic mass is 10.1. The molecule has 29 heavy (non-hydrogen) atoms. The quantitative estimate of drug-likeness (QED) is 0.439. The van der Waals surface area contributed by atoms with Crippen LogP contribution >= 0.6 is 0 Å². The van der Waals surface area contributed by atoms with Gasteiger partial charge in [-0.1, -0.05) is 5.16 Å². The first-order chi connectivity index (χ1) is 13.9. The number of non-ortho nitro benzene ring substituents is 1. The number of benzene rings is 2. The Morgan fingerprint density at radius 1 is 1.21 bits per heavy atom. The fourth-order valence-corrected chi connectivity index (χ4v) is 2.53. The summed E-state index contributed by atoms with van der Waals surface area (Å²) in [7, 11) is 0. The number of aliphatic hydroxyl groups excluding tert-OH is 1. The lowest BCUT2D eigenvalue weighted by molar-refractivity contribution is -0.384. The second kappa shape index (κ2) is 9.02. The molecule has 150 valence electrons. The van der Waals surface area contributed by atoms with Gasteiger partial charge < -0.3 is 14.9 Å². The second-order valence-corrected chi connectivity index (χ2v) is 6.19. The Balaban J connectivity index is 1.46. The van der Waals surface area contributed by atoms with Crippen molar-refractivity contribution in [2.24, 2.45) is 0 Å². The van der Waals surface area contributed by atoms with Gasteiger partial charge in [0.2, 0.25) is 17.6 Å². The van der Waals surface area contributed by atoms with E-state index in [0.29, 0.717) is 17.0 Å². The van der Waals surface area contributed by atoms with E-state index in [1.165, 1.54) is 48.5 Å². The molecule has 0 fully saturated rings. The molecule has 0 bridgehead atoms. The van der Waals surface area contributed by atoms with Crippen molar-refractivity contribution in [3.8, 4) is 11.4 Å². The monoisotopic (exact) mass is 400 g/mol. The van der Waals surface area contributed by atoms with E-state index in [4.69, 9.17) is 4.52 Å². The zero-order valence-corrected chi connectivity index (χ0v) is 15.1. The number of hydrogen-bond acceptors (Lipinski definition) is 7. The number of aliphatic hydroxyl groups is 1. The number of rotatable bonds is 8. The van der Waals surface area contributed by atoms with Crippen molar-refractivity contribution < 1.29 is 23.7 Å². The van der Waals surface area contributed by atoms with E-state index >= 15 is 0 Å². The van der Waals surface area contributed by atoms with E-state index < -0.39 is 11.0 Å². The van der Waals surface area contributed by atoms with Crippen molar-refractivity contribution in [3.63, 3.8) is 0 Å². The average Bonchev–Trinajstić information content (AvgIpc) is 3.20. The lowest BCUT2D eigenvalue weighted by Crippen LogP contribution is -2.28. The van der Waals surface area contributed by atoms with E-state index in [1.54, 1.807) is 0 Å². The van der Waals surface area contributed by atoms with Gasteiger partial charge >= 0.3 is 0 Å². The van der Waals surface area contributed by atoms with Crippen LogP contribution in [0.2, 0.25) is 0 Å². The highest BCUT2D eigenvalue weighted by atomic mass is 19.1. The Bertz CT molecular complexity index is 989. The van der Waals surface area contributed by atoms with Gasteiger partial charge in [-0.25, -0.2) is 4.39 Å². The molecule has 0 spiro atoms. The number of halogens is 1. The molecule has 2 N–H and O–H groups in total. The van der Waals surface area contributed by atoms with Crippen molar-refractivity contribution in [2.45, 2.75) is 18.9 Å². The number of aryl methyl sites for hydroxylation is 1.